The molecule has 5 heteroatoms. The van der Waals surface area contributed by atoms with Gasteiger partial charge in [-0.3, -0.25) is 4.79 Å². The Morgan fingerprint density at radius 3 is 3.14 bits per heavy atom. The van der Waals surface area contributed by atoms with Gasteiger partial charge >= 0.3 is 0 Å². The standard InChI is InChI=1S/C17H23N3O2/c1-17(11-21)9-4-7-15(17)19-16(22)8-10-20-12-18-13-5-2-3-6-14(13)20/h2-3,5-6,12,15,21H,4,7-11H2,1H3,(H,19,22). The Bertz CT molecular complexity index is 667. The van der Waals surface area contributed by atoms with Crippen molar-refractivity contribution in [1.82, 2.24) is 14.9 Å². The normalized spacial score (nSPS) is 24.7. The van der Waals surface area contributed by atoms with Crippen LogP contribution in [0.2, 0.25) is 0 Å². The average molecular weight is 301 g/mol. The van der Waals surface area contributed by atoms with E-state index in [0.717, 1.165) is 30.3 Å². The smallest absolute Gasteiger partial charge is 0.222 e. The average Bonchev–Trinajstić information content (AvgIpc) is 3.10. The Labute approximate surface area is 130 Å². The van der Waals surface area contributed by atoms with Crippen LogP contribution in [0.5, 0.6) is 0 Å². The molecule has 1 fully saturated rings. The Morgan fingerprint density at radius 2 is 2.32 bits per heavy atom. The van der Waals surface area contributed by atoms with Gasteiger partial charge in [-0.1, -0.05) is 25.5 Å². The molecule has 1 heterocycles. The van der Waals surface area contributed by atoms with Gasteiger partial charge in [-0.05, 0) is 25.0 Å². The molecule has 2 aromatic rings. The lowest BCUT2D eigenvalue weighted by Crippen LogP contribution is -2.44. The number of amides is 1. The number of aryl methyl sites for hydroxylation is 1. The van der Waals surface area contributed by atoms with Gasteiger partial charge in [-0.25, -0.2) is 4.98 Å². The SMILES string of the molecule is CC1(CO)CCCC1NC(=O)CCn1cnc2ccccc21. The van der Waals surface area contributed by atoms with Crippen LogP contribution in [0.25, 0.3) is 11.0 Å². The number of rotatable bonds is 5. The van der Waals surface area contributed by atoms with E-state index in [1.54, 1.807) is 6.33 Å². The van der Waals surface area contributed by atoms with E-state index in [-0.39, 0.29) is 24.0 Å². The number of para-hydroxylation sites is 2. The summed E-state index contributed by atoms with van der Waals surface area (Å²) < 4.78 is 2.01. The van der Waals surface area contributed by atoms with Crippen molar-refractivity contribution < 1.29 is 9.90 Å². The molecule has 2 unspecified atom stereocenters. The first-order chi connectivity index (χ1) is 10.6. The highest BCUT2D eigenvalue weighted by molar-refractivity contribution is 5.77. The zero-order valence-corrected chi connectivity index (χ0v) is 13.0. The van der Waals surface area contributed by atoms with Gasteiger partial charge in [-0.15, -0.1) is 0 Å². The van der Waals surface area contributed by atoms with Gasteiger partial charge in [-0.2, -0.15) is 0 Å². The topological polar surface area (TPSA) is 67.2 Å². The molecule has 2 N–H and O–H groups in total. The number of nitrogens with one attached hydrogen (secondary N) is 1. The van der Waals surface area contributed by atoms with E-state index < -0.39 is 0 Å². The number of carbonyl (C=O) groups is 1. The van der Waals surface area contributed by atoms with Gasteiger partial charge in [0.1, 0.15) is 0 Å². The van der Waals surface area contributed by atoms with Crippen LogP contribution in [-0.2, 0) is 11.3 Å². The fraction of sp³-hybridized carbons (Fsp3) is 0.529. The Kier molecular flexibility index (Phi) is 4.16. The minimum atomic E-state index is -0.169. The van der Waals surface area contributed by atoms with Crippen molar-refractivity contribution >= 4 is 16.9 Å². The second-order valence-corrected chi connectivity index (χ2v) is 6.50. The molecule has 0 radical (unpaired) electrons. The van der Waals surface area contributed by atoms with E-state index >= 15 is 0 Å². The molecule has 0 bridgehead atoms. The molecule has 1 aromatic heterocycles. The third-order valence-electron chi connectivity index (χ3n) is 4.89. The highest BCUT2D eigenvalue weighted by Crippen LogP contribution is 2.37. The summed E-state index contributed by atoms with van der Waals surface area (Å²) in [6, 6.07) is 8.01. The monoisotopic (exact) mass is 301 g/mol. The Morgan fingerprint density at radius 1 is 1.50 bits per heavy atom. The number of hydrogen-bond donors (Lipinski definition) is 2. The lowest BCUT2D eigenvalue weighted by Gasteiger charge is -2.30. The van der Waals surface area contributed by atoms with Crippen LogP contribution in [-0.4, -0.2) is 33.2 Å². The lowest BCUT2D eigenvalue weighted by atomic mass is 9.86. The molecular weight excluding hydrogens is 278 g/mol. The van der Waals surface area contributed by atoms with Crippen LogP contribution < -0.4 is 5.32 Å². The molecule has 1 aromatic carbocycles. The van der Waals surface area contributed by atoms with Crippen molar-refractivity contribution in [3.63, 3.8) is 0 Å². The van der Waals surface area contributed by atoms with E-state index in [2.05, 4.69) is 10.3 Å². The van der Waals surface area contributed by atoms with E-state index in [1.165, 1.54) is 0 Å². The number of fused-ring (bicyclic) bond motifs is 1. The van der Waals surface area contributed by atoms with E-state index in [1.807, 2.05) is 35.8 Å². The van der Waals surface area contributed by atoms with Crippen LogP contribution in [0.1, 0.15) is 32.6 Å². The van der Waals surface area contributed by atoms with Crippen LogP contribution in [0, 0.1) is 5.41 Å². The maximum Gasteiger partial charge on any atom is 0.222 e. The van der Waals surface area contributed by atoms with Crippen LogP contribution >= 0.6 is 0 Å². The Hall–Kier alpha value is -1.88. The van der Waals surface area contributed by atoms with Gasteiger partial charge < -0.3 is 15.0 Å². The highest BCUT2D eigenvalue weighted by Gasteiger charge is 2.38. The number of aliphatic hydroxyl groups excluding tert-OH is 1. The second-order valence-electron chi connectivity index (χ2n) is 6.50. The fourth-order valence-corrected chi connectivity index (χ4v) is 3.35. The zero-order valence-electron chi connectivity index (χ0n) is 13.0. The predicted octanol–water partition coefficient (Wildman–Crippen LogP) is 2.09. The van der Waals surface area contributed by atoms with Crippen molar-refractivity contribution in [3.8, 4) is 0 Å². The molecule has 5 nitrogen and oxygen atoms in total. The summed E-state index contributed by atoms with van der Waals surface area (Å²) in [5.41, 5.74) is 1.83. The molecule has 0 spiro atoms. The van der Waals surface area contributed by atoms with E-state index in [4.69, 9.17) is 0 Å². The first-order valence-electron chi connectivity index (χ1n) is 7.92. The highest BCUT2D eigenvalue weighted by atomic mass is 16.3. The molecule has 2 atom stereocenters. The van der Waals surface area contributed by atoms with Gasteiger partial charge in [0.05, 0.1) is 24.0 Å². The number of aliphatic hydroxyl groups is 1. The lowest BCUT2D eigenvalue weighted by molar-refractivity contribution is -0.122. The maximum atomic E-state index is 12.2. The van der Waals surface area contributed by atoms with Crippen molar-refractivity contribution in [2.45, 2.75) is 45.2 Å². The van der Waals surface area contributed by atoms with Crippen molar-refractivity contribution in [2.75, 3.05) is 6.61 Å². The third kappa shape index (κ3) is 2.86. The van der Waals surface area contributed by atoms with E-state index in [0.29, 0.717) is 13.0 Å². The van der Waals surface area contributed by atoms with Gasteiger partial charge in [0.15, 0.2) is 0 Å². The molecule has 1 amide bonds. The largest absolute Gasteiger partial charge is 0.396 e. The van der Waals surface area contributed by atoms with Crippen LogP contribution in [0.4, 0.5) is 0 Å². The summed E-state index contributed by atoms with van der Waals surface area (Å²) in [7, 11) is 0. The summed E-state index contributed by atoms with van der Waals surface area (Å²) in [5, 5.41) is 12.6. The number of nitrogens with zero attached hydrogens (tertiary/aromatic N) is 2. The van der Waals surface area contributed by atoms with Gasteiger partial charge in [0.25, 0.3) is 0 Å². The maximum absolute atomic E-state index is 12.2. The number of aromatic nitrogens is 2. The van der Waals surface area contributed by atoms with Gasteiger partial charge in [0.2, 0.25) is 5.91 Å². The molecule has 1 saturated carbocycles. The van der Waals surface area contributed by atoms with Crippen molar-refractivity contribution in [1.29, 1.82) is 0 Å². The zero-order chi connectivity index (χ0) is 15.6. The minimum Gasteiger partial charge on any atom is -0.396 e. The molecule has 3 rings (SSSR count). The molecule has 1 aliphatic carbocycles. The Balaban J connectivity index is 1.59. The predicted molar refractivity (Wildman–Crippen MR) is 85.3 cm³/mol. The van der Waals surface area contributed by atoms with Crippen LogP contribution in [0.3, 0.4) is 0 Å². The summed E-state index contributed by atoms with van der Waals surface area (Å²) >= 11 is 0. The molecule has 0 saturated heterocycles. The first kappa shape index (κ1) is 15.0. The van der Waals surface area contributed by atoms with Crippen molar-refractivity contribution in [3.05, 3.63) is 30.6 Å². The fourth-order valence-electron chi connectivity index (χ4n) is 3.35. The molecule has 0 aliphatic heterocycles. The first-order valence-corrected chi connectivity index (χ1v) is 7.92. The summed E-state index contributed by atoms with van der Waals surface area (Å²) in [4.78, 5) is 16.5. The second kappa shape index (κ2) is 6.08. The number of hydrogen-bond acceptors (Lipinski definition) is 3. The summed E-state index contributed by atoms with van der Waals surface area (Å²) in [6.45, 7) is 2.80. The molecule has 22 heavy (non-hydrogen) atoms. The quantitative estimate of drug-likeness (QED) is 0.888. The number of benzene rings is 1. The van der Waals surface area contributed by atoms with Crippen LogP contribution in [0.15, 0.2) is 30.6 Å². The summed E-state index contributed by atoms with van der Waals surface area (Å²) in [6.07, 6.45) is 5.20. The molecular formula is C17H23N3O2. The minimum absolute atomic E-state index is 0.0457. The molecule has 1 aliphatic rings. The van der Waals surface area contributed by atoms with E-state index in [9.17, 15) is 9.90 Å². The summed E-state index contributed by atoms with van der Waals surface area (Å²) in [5.74, 6) is 0.0457. The molecule has 118 valence electrons. The van der Waals surface area contributed by atoms with Gasteiger partial charge in [0, 0.05) is 24.4 Å². The van der Waals surface area contributed by atoms with Crippen molar-refractivity contribution in [2.24, 2.45) is 5.41 Å². The third-order valence-corrected chi connectivity index (χ3v) is 4.89. The number of imidazole rings is 1. The number of carbonyl (C=O) groups excluding carboxylic acids is 1.